The van der Waals surface area contributed by atoms with Crippen molar-refractivity contribution in [2.45, 2.75) is 32.4 Å². The molecule has 0 radical (unpaired) electrons. The van der Waals surface area contributed by atoms with Gasteiger partial charge in [0.2, 0.25) is 11.8 Å². The fraction of sp³-hybridized carbons (Fsp3) is 0.471. The summed E-state index contributed by atoms with van der Waals surface area (Å²) in [5.41, 5.74) is 6.70. The van der Waals surface area contributed by atoms with Gasteiger partial charge >= 0.3 is 0 Å². The highest BCUT2D eigenvalue weighted by molar-refractivity contribution is 7.14. The van der Waals surface area contributed by atoms with Gasteiger partial charge in [-0.15, -0.1) is 11.3 Å². The highest BCUT2D eigenvalue weighted by atomic mass is 32.1. The highest BCUT2D eigenvalue weighted by Gasteiger charge is 2.27. The van der Waals surface area contributed by atoms with Crippen molar-refractivity contribution in [2.75, 3.05) is 18.5 Å². The topological polar surface area (TPSA) is 119 Å². The number of amides is 2. The molecule has 4 N–H and O–H groups in total. The number of rotatable bonds is 6. The average molecular weight is 378 g/mol. The fourth-order valence-electron chi connectivity index (χ4n) is 2.74. The minimum atomic E-state index is -0.570. The smallest absolute Gasteiger partial charge is 0.243 e. The van der Waals surface area contributed by atoms with E-state index in [-0.39, 0.29) is 17.7 Å². The van der Waals surface area contributed by atoms with E-state index in [9.17, 15) is 9.59 Å². The maximum atomic E-state index is 12.3. The third-order valence-corrected chi connectivity index (χ3v) is 4.99. The van der Waals surface area contributed by atoms with Gasteiger partial charge in [0.1, 0.15) is 11.5 Å². The van der Waals surface area contributed by atoms with Gasteiger partial charge in [0.05, 0.1) is 12.6 Å². The molecule has 1 atom stereocenters. The Bertz CT molecular complexity index is 766. The summed E-state index contributed by atoms with van der Waals surface area (Å²) in [5.74, 6) is 0.988. The standard InChI is InChI=1S/C17H22N4O4S/c1-10(22)19-8-12-2-3-14(25-12)13-9-26-17(20-13)21-16(23)15(18)11-4-6-24-7-5-11/h2-3,9,11,15H,4-8,18H2,1H3,(H,19,22)(H,20,21,23). The summed E-state index contributed by atoms with van der Waals surface area (Å²) in [4.78, 5) is 27.7. The third kappa shape index (κ3) is 4.69. The molecule has 2 aromatic rings. The summed E-state index contributed by atoms with van der Waals surface area (Å²) >= 11 is 1.31. The average Bonchev–Trinajstić information content (AvgIpc) is 3.29. The van der Waals surface area contributed by atoms with Crippen LogP contribution in [0.3, 0.4) is 0 Å². The molecule has 0 aliphatic carbocycles. The summed E-state index contributed by atoms with van der Waals surface area (Å²) in [6.45, 7) is 3.06. The second kappa shape index (κ2) is 8.43. The molecule has 1 aliphatic rings. The Hall–Kier alpha value is -2.23. The van der Waals surface area contributed by atoms with E-state index in [0.29, 0.717) is 42.1 Å². The Morgan fingerprint density at radius 3 is 2.88 bits per heavy atom. The number of aromatic nitrogens is 1. The number of ether oxygens (including phenoxy) is 1. The molecule has 1 aliphatic heterocycles. The Morgan fingerprint density at radius 2 is 2.15 bits per heavy atom. The molecule has 9 heteroatoms. The number of nitrogens with one attached hydrogen (secondary N) is 2. The number of furan rings is 1. The summed E-state index contributed by atoms with van der Waals surface area (Å²) in [7, 11) is 0. The van der Waals surface area contributed by atoms with Crippen LogP contribution in [0.25, 0.3) is 11.5 Å². The first kappa shape index (κ1) is 18.6. The summed E-state index contributed by atoms with van der Waals surface area (Å²) in [6, 6.07) is 2.99. The van der Waals surface area contributed by atoms with E-state index in [1.165, 1.54) is 18.3 Å². The molecule has 0 aromatic carbocycles. The first-order valence-electron chi connectivity index (χ1n) is 8.46. The highest BCUT2D eigenvalue weighted by Crippen LogP contribution is 2.27. The predicted octanol–water partition coefficient (Wildman–Crippen LogP) is 1.73. The van der Waals surface area contributed by atoms with Crippen molar-refractivity contribution in [1.29, 1.82) is 0 Å². The second-order valence-electron chi connectivity index (χ2n) is 6.18. The Labute approximate surface area is 155 Å². The SMILES string of the molecule is CC(=O)NCc1ccc(-c2csc(NC(=O)C(N)C3CCOCC3)n2)o1. The van der Waals surface area contributed by atoms with Crippen LogP contribution in [0, 0.1) is 5.92 Å². The van der Waals surface area contributed by atoms with Crippen LogP contribution < -0.4 is 16.4 Å². The van der Waals surface area contributed by atoms with Crippen molar-refractivity contribution in [1.82, 2.24) is 10.3 Å². The van der Waals surface area contributed by atoms with E-state index >= 15 is 0 Å². The lowest BCUT2D eigenvalue weighted by Gasteiger charge is -2.26. The number of hydrogen-bond donors (Lipinski definition) is 3. The van der Waals surface area contributed by atoms with Gasteiger partial charge in [-0.1, -0.05) is 0 Å². The van der Waals surface area contributed by atoms with Gasteiger partial charge in [0, 0.05) is 25.5 Å². The summed E-state index contributed by atoms with van der Waals surface area (Å²) in [6.07, 6.45) is 1.59. The van der Waals surface area contributed by atoms with Crippen LogP contribution in [0.5, 0.6) is 0 Å². The zero-order chi connectivity index (χ0) is 18.5. The Morgan fingerprint density at radius 1 is 1.38 bits per heavy atom. The number of nitrogens with two attached hydrogens (primary N) is 1. The first-order valence-corrected chi connectivity index (χ1v) is 9.34. The Balaban J connectivity index is 1.59. The van der Waals surface area contributed by atoms with Crippen LogP contribution in [0.1, 0.15) is 25.5 Å². The van der Waals surface area contributed by atoms with Crippen molar-refractivity contribution >= 4 is 28.3 Å². The van der Waals surface area contributed by atoms with E-state index in [1.54, 1.807) is 17.5 Å². The normalized spacial score (nSPS) is 16.2. The minimum absolute atomic E-state index is 0.123. The molecule has 140 valence electrons. The minimum Gasteiger partial charge on any atom is -0.458 e. The molecule has 1 saturated heterocycles. The van der Waals surface area contributed by atoms with Gasteiger partial charge in [0.15, 0.2) is 10.9 Å². The van der Waals surface area contributed by atoms with Crippen LogP contribution in [-0.2, 0) is 20.9 Å². The van der Waals surface area contributed by atoms with E-state index in [1.807, 2.05) is 0 Å². The van der Waals surface area contributed by atoms with Crippen molar-refractivity contribution in [3.05, 3.63) is 23.3 Å². The van der Waals surface area contributed by atoms with Gasteiger partial charge in [-0.2, -0.15) is 0 Å². The number of hydrogen-bond acceptors (Lipinski definition) is 7. The quantitative estimate of drug-likeness (QED) is 0.704. The number of carbonyl (C=O) groups is 2. The largest absolute Gasteiger partial charge is 0.458 e. The number of nitrogens with zero attached hydrogens (tertiary/aromatic N) is 1. The predicted molar refractivity (Wildman–Crippen MR) is 97.5 cm³/mol. The van der Waals surface area contributed by atoms with Gasteiger partial charge in [-0.3, -0.25) is 9.59 Å². The first-order chi connectivity index (χ1) is 12.5. The van der Waals surface area contributed by atoms with Gasteiger partial charge in [-0.05, 0) is 30.9 Å². The lowest BCUT2D eigenvalue weighted by molar-refractivity contribution is -0.120. The second-order valence-corrected chi connectivity index (χ2v) is 7.04. The molecule has 1 fully saturated rings. The van der Waals surface area contributed by atoms with Gasteiger partial charge in [-0.25, -0.2) is 4.98 Å². The summed E-state index contributed by atoms with van der Waals surface area (Å²) in [5, 5.41) is 7.73. The zero-order valence-electron chi connectivity index (χ0n) is 14.5. The van der Waals surface area contributed by atoms with Crippen LogP contribution in [0.2, 0.25) is 0 Å². The maximum Gasteiger partial charge on any atom is 0.243 e. The monoisotopic (exact) mass is 378 g/mol. The number of thiazole rings is 1. The summed E-state index contributed by atoms with van der Waals surface area (Å²) < 4.78 is 11.0. The molecular formula is C17H22N4O4S. The van der Waals surface area contributed by atoms with Gasteiger partial charge < -0.3 is 25.5 Å². The molecule has 3 heterocycles. The van der Waals surface area contributed by atoms with Crippen molar-refractivity contribution in [3.63, 3.8) is 0 Å². The lowest BCUT2D eigenvalue weighted by Crippen LogP contribution is -2.43. The van der Waals surface area contributed by atoms with Crippen LogP contribution in [0.15, 0.2) is 21.9 Å². The van der Waals surface area contributed by atoms with E-state index < -0.39 is 6.04 Å². The van der Waals surface area contributed by atoms with Crippen LogP contribution >= 0.6 is 11.3 Å². The Kier molecular flexibility index (Phi) is 6.02. The van der Waals surface area contributed by atoms with Crippen LogP contribution in [-0.4, -0.2) is 36.1 Å². The van der Waals surface area contributed by atoms with Crippen LogP contribution in [0.4, 0.5) is 5.13 Å². The number of anilines is 1. The zero-order valence-corrected chi connectivity index (χ0v) is 15.3. The molecule has 0 bridgehead atoms. The molecule has 26 heavy (non-hydrogen) atoms. The molecule has 2 aromatic heterocycles. The molecule has 8 nitrogen and oxygen atoms in total. The van der Waals surface area contributed by atoms with E-state index in [0.717, 1.165) is 12.8 Å². The molecule has 2 amide bonds. The molecule has 0 saturated carbocycles. The molecule has 3 rings (SSSR count). The molecule has 0 spiro atoms. The van der Waals surface area contributed by atoms with E-state index in [2.05, 4.69) is 15.6 Å². The molecular weight excluding hydrogens is 356 g/mol. The third-order valence-electron chi connectivity index (χ3n) is 4.24. The fourth-order valence-corrected chi connectivity index (χ4v) is 3.45. The van der Waals surface area contributed by atoms with E-state index in [4.69, 9.17) is 14.9 Å². The lowest BCUT2D eigenvalue weighted by atomic mass is 9.92. The van der Waals surface area contributed by atoms with Crippen molar-refractivity contribution in [2.24, 2.45) is 11.7 Å². The van der Waals surface area contributed by atoms with Gasteiger partial charge in [0.25, 0.3) is 0 Å². The van der Waals surface area contributed by atoms with Crippen molar-refractivity contribution in [3.8, 4) is 11.5 Å². The number of carbonyl (C=O) groups excluding carboxylic acids is 2. The maximum absolute atomic E-state index is 12.3. The molecule has 1 unspecified atom stereocenters. The van der Waals surface area contributed by atoms with Crippen molar-refractivity contribution < 1.29 is 18.7 Å².